The minimum Gasteiger partial charge on any atom is -0.350 e. The first-order valence-corrected chi connectivity index (χ1v) is 10.5. The largest absolute Gasteiger partial charge is 0.350 e. The lowest BCUT2D eigenvalue weighted by Gasteiger charge is -2.15. The molecule has 0 N–H and O–H groups in total. The van der Waals surface area contributed by atoms with Gasteiger partial charge in [-0.15, -0.1) is 0 Å². The molecule has 2 amide bonds. The molecule has 2 aliphatic rings. The summed E-state index contributed by atoms with van der Waals surface area (Å²) in [6, 6.07) is 14.5. The van der Waals surface area contributed by atoms with Crippen LogP contribution < -0.4 is 0 Å². The average Bonchev–Trinajstić information content (AvgIpc) is 3.37. The van der Waals surface area contributed by atoms with Gasteiger partial charge in [-0.05, 0) is 35.6 Å². The minimum absolute atomic E-state index is 0.110. The zero-order valence-corrected chi connectivity index (χ0v) is 17.1. The quantitative estimate of drug-likeness (QED) is 0.481. The Bertz CT molecular complexity index is 1360. The fourth-order valence-corrected chi connectivity index (χ4v) is 5.59. The maximum atomic E-state index is 13.4. The van der Waals surface area contributed by atoms with Crippen LogP contribution in [0.2, 0.25) is 0 Å². The standard InChI is InChI=1S/C25H23N3O2/c1-26-13-18(16-9-3-4-11-20(16)26)21-22(25(30)27(2)24(21)29)19-14-28-12-6-8-15-7-5-10-17(19)23(15)28/h3-5,7,9-11,13-14,21-22H,6,8,12H2,1-2H3/t21-,22+/m1/s1. The Hall–Kier alpha value is -3.34. The highest BCUT2D eigenvalue weighted by Crippen LogP contribution is 2.46. The second-order valence-electron chi connectivity index (χ2n) is 8.60. The second kappa shape index (κ2) is 6.08. The first-order valence-electron chi connectivity index (χ1n) is 10.5. The number of benzene rings is 2. The SMILES string of the molecule is CN1C(=O)[C@H](c2cn(C)c3ccccc23)[C@H](c2cn3c4c(cccc24)CCC3)C1=O. The van der Waals surface area contributed by atoms with E-state index in [1.807, 2.05) is 36.0 Å². The number of amides is 2. The van der Waals surface area contributed by atoms with Gasteiger partial charge in [-0.3, -0.25) is 14.5 Å². The summed E-state index contributed by atoms with van der Waals surface area (Å²) in [4.78, 5) is 28.0. The van der Waals surface area contributed by atoms with E-state index in [4.69, 9.17) is 0 Å². The molecule has 0 radical (unpaired) electrons. The molecule has 0 unspecified atom stereocenters. The van der Waals surface area contributed by atoms with Crippen LogP contribution >= 0.6 is 0 Å². The number of rotatable bonds is 2. The van der Waals surface area contributed by atoms with E-state index >= 15 is 0 Å². The number of aromatic nitrogens is 2. The molecule has 0 bridgehead atoms. The number of likely N-dealkylation sites (N-methyl/N-ethyl adjacent to an activating group) is 1. The lowest BCUT2D eigenvalue weighted by molar-refractivity contribution is -0.137. The molecule has 0 spiro atoms. The zero-order valence-electron chi connectivity index (χ0n) is 17.1. The highest BCUT2D eigenvalue weighted by Gasteiger charge is 2.49. The Morgan fingerprint density at radius 3 is 2.33 bits per heavy atom. The van der Waals surface area contributed by atoms with Crippen LogP contribution in [0.4, 0.5) is 0 Å². The van der Waals surface area contributed by atoms with E-state index in [9.17, 15) is 9.59 Å². The summed E-state index contributed by atoms with van der Waals surface area (Å²) in [5.74, 6) is -1.22. The van der Waals surface area contributed by atoms with Crippen molar-refractivity contribution in [2.45, 2.75) is 31.2 Å². The summed E-state index contributed by atoms with van der Waals surface area (Å²) in [5.41, 5.74) is 5.55. The molecule has 4 heterocycles. The van der Waals surface area contributed by atoms with E-state index < -0.39 is 11.8 Å². The number of likely N-dealkylation sites (tertiary alicyclic amines) is 1. The molecule has 1 saturated heterocycles. The molecule has 150 valence electrons. The Morgan fingerprint density at radius 2 is 1.53 bits per heavy atom. The number of hydrogen-bond acceptors (Lipinski definition) is 2. The van der Waals surface area contributed by atoms with Gasteiger partial charge in [0.25, 0.3) is 0 Å². The first kappa shape index (κ1) is 17.5. The van der Waals surface area contributed by atoms with Crippen molar-refractivity contribution in [1.82, 2.24) is 14.0 Å². The maximum absolute atomic E-state index is 13.4. The third-order valence-electron chi connectivity index (χ3n) is 6.98. The third-order valence-corrected chi connectivity index (χ3v) is 6.98. The summed E-state index contributed by atoms with van der Waals surface area (Å²) in [7, 11) is 3.61. The predicted molar refractivity (Wildman–Crippen MR) is 116 cm³/mol. The number of hydrogen-bond donors (Lipinski definition) is 0. The zero-order chi connectivity index (χ0) is 20.6. The van der Waals surface area contributed by atoms with Crippen molar-refractivity contribution in [3.8, 4) is 0 Å². The molecule has 4 aromatic rings. The van der Waals surface area contributed by atoms with Gasteiger partial charge in [-0.2, -0.15) is 0 Å². The number of aryl methyl sites for hydroxylation is 3. The molecule has 2 aromatic heterocycles. The fourth-order valence-electron chi connectivity index (χ4n) is 5.59. The molecule has 30 heavy (non-hydrogen) atoms. The van der Waals surface area contributed by atoms with Crippen LogP contribution in [0.25, 0.3) is 21.8 Å². The van der Waals surface area contributed by atoms with E-state index in [-0.39, 0.29) is 11.8 Å². The van der Waals surface area contributed by atoms with E-state index in [2.05, 4.69) is 35.0 Å². The average molecular weight is 397 g/mol. The number of carbonyl (C=O) groups is 2. The number of para-hydroxylation sites is 2. The summed E-state index contributed by atoms with van der Waals surface area (Å²) in [5, 5.41) is 2.15. The Kier molecular flexibility index (Phi) is 3.55. The second-order valence-corrected chi connectivity index (χ2v) is 8.60. The molecule has 5 heteroatoms. The molecule has 0 saturated carbocycles. The number of imide groups is 1. The molecule has 6 rings (SSSR count). The lowest BCUT2D eigenvalue weighted by Crippen LogP contribution is -2.25. The van der Waals surface area contributed by atoms with Gasteiger partial charge in [-0.1, -0.05) is 36.4 Å². The molecule has 0 aliphatic carbocycles. The monoisotopic (exact) mass is 397 g/mol. The van der Waals surface area contributed by atoms with Gasteiger partial charge in [-0.25, -0.2) is 0 Å². The lowest BCUT2D eigenvalue weighted by atomic mass is 9.83. The van der Waals surface area contributed by atoms with Crippen LogP contribution in [0.1, 0.15) is 34.9 Å². The van der Waals surface area contributed by atoms with Gasteiger partial charge in [0.15, 0.2) is 0 Å². The summed E-state index contributed by atoms with van der Waals surface area (Å²) < 4.78 is 4.33. The van der Waals surface area contributed by atoms with E-state index in [0.717, 1.165) is 46.8 Å². The van der Waals surface area contributed by atoms with Crippen LogP contribution in [0.3, 0.4) is 0 Å². The Labute approximate surface area is 174 Å². The highest BCUT2D eigenvalue weighted by molar-refractivity contribution is 6.13. The summed E-state index contributed by atoms with van der Waals surface area (Å²) in [6.07, 6.45) is 6.31. The van der Waals surface area contributed by atoms with Crippen molar-refractivity contribution in [2.75, 3.05) is 7.05 Å². The van der Waals surface area contributed by atoms with Crippen LogP contribution in [-0.4, -0.2) is 32.9 Å². The normalized spacial score (nSPS) is 21.3. The Morgan fingerprint density at radius 1 is 0.833 bits per heavy atom. The van der Waals surface area contributed by atoms with Gasteiger partial charge < -0.3 is 9.13 Å². The number of carbonyl (C=O) groups excluding carboxylic acids is 2. The maximum Gasteiger partial charge on any atom is 0.237 e. The predicted octanol–water partition coefficient (Wildman–Crippen LogP) is 3.95. The van der Waals surface area contributed by atoms with Crippen molar-refractivity contribution < 1.29 is 9.59 Å². The molecular weight excluding hydrogens is 374 g/mol. The van der Waals surface area contributed by atoms with Gasteiger partial charge in [0, 0.05) is 49.3 Å². The molecule has 2 aromatic carbocycles. The van der Waals surface area contributed by atoms with Crippen molar-refractivity contribution in [2.24, 2.45) is 7.05 Å². The van der Waals surface area contributed by atoms with E-state index in [1.165, 1.54) is 16.0 Å². The minimum atomic E-state index is -0.503. The van der Waals surface area contributed by atoms with E-state index in [1.54, 1.807) is 7.05 Å². The van der Waals surface area contributed by atoms with Gasteiger partial charge in [0.05, 0.1) is 17.4 Å². The summed E-state index contributed by atoms with van der Waals surface area (Å²) >= 11 is 0. The van der Waals surface area contributed by atoms with Crippen molar-refractivity contribution in [3.63, 3.8) is 0 Å². The highest BCUT2D eigenvalue weighted by atomic mass is 16.2. The summed E-state index contributed by atoms with van der Waals surface area (Å²) in [6.45, 7) is 0.955. The van der Waals surface area contributed by atoms with Crippen LogP contribution in [0.5, 0.6) is 0 Å². The number of nitrogens with zero attached hydrogens (tertiary/aromatic N) is 3. The smallest absolute Gasteiger partial charge is 0.237 e. The van der Waals surface area contributed by atoms with Gasteiger partial charge in [0.1, 0.15) is 0 Å². The van der Waals surface area contributed by atoms with Crippen molar-refractivity contribution in [1.29, 1.82) is 0 Å². The molecule has 2 atom stereocenters. The molecule has 2 aliphatic heterocycles. The topological polar surface area (TPSA) is 47.2 Å². The Balaban J connectivity index is 1.61. The van der Waals surface area contributed by atoms with Crippen LogP contribution in [0.15, 0.2) is 54.9 Å². The molecule has 1 fully saturated rings. The number of fused-ring (bicyclic) bond motifs is 1. The van der Waals surface area contributed by atoms with E-state index in [0.29, 0.717) is 0 Å². The van der Waals surface area contributed by atoms with Crippen LogP contribution in [-0.2, 0) is 29.6 Å². The van der Waals surface area contributed by atoms with Gasteiger partial charge >= 0.3 is 0 Å². The molecule has 5 nitrogen and oxygen atoms in total. The fraction of sp³-hybridized carbons (Fsp3) is 0.280. The van der Waals surface area contributed by atoms with Gasteiger partial charge in [0.2, 0.25) is 11.8 Å². The van der Waals surface area contributed by atoms with Crippen molar-refractivity contribution >= 4 is 33.6 Å². The van der Waals surface area contributed by atoms with Crippen molar-refractivity contribution in [3.05, 3.63) is 71.5 Å². The van der Waals surface area contributed by atoms with Crippen LogP contribution in [0, 0.1) is 0 Å². The first-order chi connectivity index (χ1) is 14.6. The molecular formula is C25H23N3O2. The third kappa shape index (κ3) is 2.18.